The van der Waals surface area contributed by atoms with Gasteiger partial charge in [-0.25, -0.2) is 4.79 Å². The van der Waals surface area contributed by atoms with Crippen LogP contribution in [0.1, 0.15) is 29.5 Å². The topological polar surface area (TPSA) is 58.6 Å². The van der Waals surface area contributed by atoms with Crippen molar-refractivity contribution < 1.29 is 14.3 Å². The molecule has 6 heteroatoms. The van der Waals surface area contributed by atoms with E-state index in [0.717, 1.165) is 31.3 Å². The van der Waals surface area contributed by atoms with Crippen molar-refractivity contribution in [3.05, 3.63) is 71.3 Å². The molecule has 1 aliphatic rings. The molecule has 139 valence electrons. The standard InChI is InChI=1S/C21H24BN2O3/c1-16(23-21(26)27-14-18-5-3-2-4-6-18)11-17-7-9-19(10-8-17)20-12-24(13-20)22-15-25/h2-10,15-16,20H,11-14H2,1H3,(H,23,26). The Labute approximate surface area is 161 Å². The Balaban J connectivity index is 1.40. The van der Waals surface area contributed by atoms with Gasteiger partial charge in [0.05, 0.1) is 6.19 Å². The number of nitrogens with zero attached hydrogens (tertiary/aromatic N) is 1. The number of hydrogen-bond donors (Lipinski definition) is 1. The molecule has 0 aliphatic carbocycles. The lowest BCUT2D eigenvalue weighted by molar-refractivity contribution is 0.136. The van der Waals surface area contributed by atoms with Crippen LogP contribution in [0, 0.1) is 0 Å². The highest BCUT2D eigenvalue weighted by Crippen LogP contribution is 2.26. The van der Waals surface area contributed by atoms with Crippen LogP contribution in [0.3, 0.4) is 0 Å². The molecule has 5 nitrogen and oxygen atoms in total. The SMILES string of the molecule is CC(Cc1ccc(C2CN([B]C=O)C2)cc1)NC(=O)OCc1ccccc1. The smallest absolute Gasteiger partial charge is 0.407 e. The summed E-state index contributed by atoms with van der Waals surface area (Å²) in [5.74, 6) is 0.485. The van der Waals surface area contributed by atoms with Gasteiger partial charge >= 0.3 is 6.09 Å². The number of ether oxygens (including phenoxy) is 1. The third-order valence-corrected chi connectivity index (χ3v) is 4.75. The van der Waals surface area contributed by atoms with Crippen molar-refractivity contribution in [2.24, 2.45) is 0 Å². The molecular weight excluding hydrogens is 339 g/mol. The van der Waals surface area contributed by atoms with Gasteiger partial charge in [-0.3, -0.25) is 0 Å². The molecule has 1 N–H and O–H groups in total. The van der Waals surface area contributed by atoms with E-state index in [4.69, 9.17) is 4.74 Å². The summed E-state index contributed by atoms with van der Waals surface area (Å²) >= 11 is 0. The number of benzene rings is 2. The number of nitrogens with one attached hydrogen (secondary N) is 1. The maximum Gasteiger partial charge on any atom is 0.407 e. The molecule has 2 aromatic rings. The van der Waals surface area contributed by atoms with Crippen LogP contribution in [0.2, 0.25) is 0 Å². The van der Waals surface area contributed by atoms with Gasteiger partial charge in [0.25, 0.3) is 7.41 Å². The molecular formula is C21H24BN2O3. The summed E-state index contributed by atoms with van der Waals surface area (Å²) in [5.41, 5.74) is 3.43. The Morgan fingerprint density at radius 3 is 2.56 bits per heavy atom. The maximum atomic E-state index is 11.9. The van der Waals surface area contributed by atoms with E-state index in [1.165, 1.54) is 11.1 Å². The maximum absolute atomic E-state index is 11.9. The zero-order valence-electron chi connectivity index (χ0n) is 15.5. The molecule has 0 spiro atoms. The average molecular weight is 363 g/mol. The van der Waals surface area contributed by atoms with Crippen LogP contribution in [0.25, 0.3) is 0 Å². The van der Waals surface area contributed by atoms with E-state index in [2.05, 4.69) is 29.6 Å². The van der Waals surface area contributed by atoms with Gasteiger partial charge in [0.15, 0.2) is 0 Å². The first kappa shape index (κ1) is 19.2. The molecule has 27 heavy (non-hydrogen) atoms. The van der Waals surface area contributed by atoms with Gasteiger partial charge in [-0.1, -0.05) is 54.6 Å². The van der Waals surface area contributed by atoms with Crippen molar-refractivity contribution in [3.63, 3.8) is 0 Å². The van der Waals surface area contributed by atoms with E-state index in [1.807, 2.05) is 42.1 Å². The summed E-state index contributed by atoms with van der Waals surface area (Å²) in [6.45, 7) is 4.03. The highest BCUT2D eigenvalue weighted by Gasteiger charge is 2.27. The molecule has 1 aliphatic heterocycles. The quantitative estimate of drug-likeness (QED) is 0.579. The van der Waals surface area contributed by atoms with E-state index in [-0.39, 0.29) is 12.6 Å². The number of alkyl carbamates (subject to hydrolysis) is 1. The van der Waals surface area contributed by atoms with Gasteiger partial charge in [-0.15, -0.1) is 0 Å². The number of amides is 1. The second kappa shape index (κ2) is 9.37. The second-order valence-electron chi connectivity index (χ2n) is 6.99. The summed E-state index contributed by atoms with van der Waals surface area (Å²) in [7, 11) is 1.59. The minimum absolute atomic E-state index is 0.0134. The van der Waals surface area contributed by atoms with Crippen LogP contribution in [-0.4, -0.2) is 43.6 Å². The van der Waals surface area contributed by atoms with Crippen molar-refractivity contribution in [3.8, 4) is 0 Å². The zero-order chi connectivity index (χ0) is 19.1. The molecule has 0 aromatic heterocycles. The molecule has 3 rings (SSSR count). The highest BCUT2D eigenvalue weighted by atomic mass is 16.5. The summed E-state index contributed by atoms with van der Waals surface area (Å²) in [5, 5.41) is 2.87. The zero-order valence-corrected chi connectivity index (χ0v) is 15.5. The lowest BCUT2D eigenvalue weighted by atomic mass is 9.81. The van der Waals surface area contributed by atoms with Gasteiger partial charge in [0, 0.05) is 12.0 Å². The summed E-state index contributed by atoms with van der Waals surface area (Å²) < 4.78 is 5.26. The van der Waals surface area contributed by atoms with Gasteiger partial charge < -0.3 is 19.7 Å². The molecule has 1 amide bonds. The Hall–Kier alpha value is -2.60. The van der Waals surface area contributed by atoms with Crippen molar-refractivity contribution in [2.45, 2.75) is 31.9 Å². The minimum Gasteiger partial charge on any atom is -0.445 e. The Morgan fingerprint density at radius 1 is 1.19 bits per heavy atom. The average Bonchev–Trinajstić information content (AvgIpc) is 2.64. The molecule has 2 aromatic carbocycles. The third-order valence-electron chi connectivity index (χ3n) is 4.75. The second-order valence-corrected chi connectivity index (χ2v) is 6.99. The van der Waals surface area contributed by atoms with Crippen LogP contribution in [-0.2, 0) is 22.6 Å². The predicted octanol–water partition coefficient (Wildman–Crippen LogP) is 2.75. The molecule has 1 atom stereocenters. The van der Waals surface area contributed by atoms with E-state index >= 15 is 0 Å². The van der Waals surface area contributed by atoms with E-state index in [1.54, 1.807) is 7.41 Å². The van der Waals surface area contributed by atoms with Crippen LogP contribution >= 0.6 is 0 Å². The molecule has 0 saturated carbocycles. The summed E-state index contributed by atoms with van der Waals surface area (Å²) in [6.07, 6.45) is 1.18. The molecule has 0 bridgehead atoms. The van der Waals surface area contributed by atoms with Crippen LogP contribution in [0.5, 0.6) is 0 Å². The van der Waals surface area contributed by atoms with Gasteiger partial charge in [0.2, 0.25) is 0 Å². The highest BCUT2D eigenvalue weighted by molar-refractivity contribution is 6.64. The number of rotatable bonds is 8. The molecule has 1 heterocycles. The van der Waals surface area contributed by atoms with Crippen molar-refractivity contribution in [1.29, 1.82) is 0 Å². The largest absolute Gasteiger partial charge is 0.445 e. The number of carbonyl (C=O) groups is 2. The van der Waals surface area contributed by atoms with Gasteiger partial charge in [-0.05, 0) is 43.1 Å². The molecule has 1 saturated heterocycles. The fraction of sp³-hybridized carbons (Fsp3) is 0.333. The lowest BCUT2D eigenvalue weighted by Gasteiger charge is -2.38. The van der Waals surface area contributed by atoms with E-state index in [0.29, 0.717) is 5.92 Å². The van der Waals surface area contributed by atoms with Gasteiger partial charge in [-0.2, -0.15) is 0 Å². The Kier molecular flexibility index (Phi) is 6.66. The third kappa shape index (κ3) is 5.69. The van der Waals surface area contributed by atoms with Gasteiger partial charge in [0.1, 0.15) is 6.61 Å². The fourth-order valence-electron chi connectivity index (χ4n) is 3.23. The first-order chi connectivity index (χ1) is 13.1. The Bertz CT molecular complexity index is 746. The van der Waals surface area contributed by atoms with E-state index < -0.39 is 6.09 Å². The molecule has 1 radical (unpaired) electrons. The first-order valence-corrected chi connectivity index (χ1v) is 9.23. The minimum atomic E-state index is -0.399. The van der Waals surface area contributed by atoms with Crippen molar-refractivity contribution in [1.82, 2.24) is 10.1 Å². The first-order valence-electron chi connectivity index (χ1n) is 9.23. The monoisotopic (exact) mass is 363 g/mol. The molecule has 1 unspecified atom stereocenters. The van der Waals surface area contributed by atoms with Crippen LogP contribution in [0.4, 0.5) is 4.79 Å². The Morgan fingerprint density at radius 2 is 1.89 bits per heavy atom. The van der Waals surface area contributed by atoms with E-state index in [9.17, 15) is 9.59 Å². The normalized spacial score (nSPS) is 15.4. The van der Waals surface area contributed by atoms with Crippen molar-refractivity contribution >= 4 is 19.7 Å². The molecule has 1 fully saturated rings. The van der Waals surface area contributed by atoms with Crippen LogP contribution in [0.15, 0.2) is 54.6 Å². The fourth-order valence-corrected chi connectivity index (χ4v) is 3.23. The summed E-state index contributed by atoms with van der Waals surface area (Å²) in [4.78, 5) is 24.4. The van der Waals surface area contributed by atoms with Crippen LogP contribution < -0.4 is 5.32 Å². The number of hydrogen-bond acceptors (Lipinski definition) is 4. The lowest BCUT2D eigenvalue weighted by Crippen LogP contribution is -2.47. The number of carbonyl (C=O) groups excluding carboxylic acids is 2. The predicted molar refractivity (Wildman–Crippen MR) is 106 cm³/mol. The van der Waals surface area contributed by atoms with Crippen molar-refractivity contribution in [2.75, 3.05) is 13.1 Å². The summed E-state index contributed by atoms with van der Waals surface area (Å²) in [6, 6.07) is 18.1.